The summed E-state index contributed by atoms with van der Waals surface area (Å²) in [5, 5.41) is 5.38. The second-order valence-electron chi connectivity index (χ2n) is 5.26. The second kappa shape index (κ2) is 6.90. The van der Waals surface area contributed by atoms with E-state index < -0.39 is 21.2 Å². The van der Waals surface area contributed by atoms with E-state index in [1.54, 1.807) is 13.0 Å². The summed E-state index contributed by atoms with van der Waals surface area (Å²) in [5.41, 5.74) is 6.66. The van der Waals surface area contributed by atoms with E-state index in [4.69, 9.17) is 10.9 Å². The van der Waals surface area contributed by atoms with Gasteiger partial charge in [-0.05, 0) is 31.5 Å². The van der Waals surface area contributed by atoms with Crippen LogP contribution >= 0.6 is 11.8 Å². The molecule has 0 saturated carbocycles. The first-order valence-corrected chi connectivity index (χ1v) is 9.65. The second-order valence-corrected chi connectivity index (χ2v) is 8.13. The molecule has 0 aliphatic rings. The maximum Gasteiger partial charge on any atom is 0.238 e. The maximum absolute atomic E-state index is 11.5. The summed E-state index contributed by atoms with van der Waals surface area (Å²) in [6.07, 6.45) is 1.95. The maximum atomic E-state index is 11.5. The zero-order valence-electron chi connectivity index (χ0n) is 13.0. The number of carbonyl (C=O) groups excluding carboxylic acids is 1. The molecule has 4 N–H and O–H groups in total. The fourth-order valence-corrected chi connectivity index (χ4v) is 3.54. The van der Waals surface area contributed by atoms with E-state index in [0.29, 0.717) is 10.7 Å². The Morgan fingerprint density at radius 2 is 2.13 bits per heavy atom. The molecular weight excluding hydrogens is 336 g/mol. The number of imidazole rings is 1. The van der Waals surface area contributed by atoms with E-state index in [9.17, 15) is 13.2 Å². The van der Waals surface area contributed by atoms with Crippen molar-refractivity contribution in [2.24, 2.45) is 10.9 Å². The molecule has 2 aromatic rings. The van der Waals surface area contributed by atoms with Crippen LogP contribution in [-0.2, 0) is 21.4 Å². The van der Waals surface area contributed by atoms with Crippen molar-refractivity contribution in [2.75, 3.05) is 0 Å². The predicted octanol–water partition coefficient (Wildman–Crippen LogP) is 1.45. The highest BCUT2D eigenvalue weighted by molar-refractivity contribution is 8.00. The number of aromatic nitrogens is 2. The number of amides is 1. The largest absolute Gasteiger partial charge is 0.369 e. The number of rotatable bonds is 7. The van der Waals surface area contributed by atoms with Crippen LogP contribution < -0.4 is 10.9 Å². The molecule has 1 amide bonds. The van der Waals surface area contributed by atoms with Crippen molar-refractivity contribution in [2.45, 2.75) is 48.5 Å². The van der Waals surface area contributed by atoms with Crippen LogP contribution in [0.4, 0.5) is 0 Å². The molecule has 0 radical (unpaired) electrons. The lowest BCUT2D eigenvalue weighted by Crippen LogP contribution is -2.23. The van der Waals surface area contributed by atoms with Crippen LogP contribution in [0.15, 0.2) is 28.3 Å². The molecule has 23 heavy (non-hydrogen) atoms. The van der Waals surface area contributed by atoms with Crippen molar-refractivity contribution in [3.8, 4) is 0 Å². The monoisotopic (exact) mass is 356 g/mol. The third kappa shape index (κ3) is 4.04. The molecule has 1 heterocycles. The van der Waals surface area contributed by atoms with Gasteiger partial charge in [-0.15, -0.1) is 0 Å². The van der Waals surface area contributed by atoms with Gasteiger partial charge in [-0.3, -0.25) is 4.79 Å². The Labute approximate surface area is 139 Å². The van der Waals surface area contributed by atoms with E-state index in [0.717, 1.165) is 24.9 Å². The summed E-state index contributed by atoms with van der Waals surface area (Å²) in [4.78, 5) is 15.8. The van der Waals surface area contributed by atoms with E-state index in [1.807, 2.05) is 4.57 Å². The van der Waals surface area contributed by atoms with Crippen molar-refractivity contribution >= 4 is 38.7 Å². The van der Waals surface area contributed by atoms with Crippen LogP contribution in [-0.4, -0.2) is 29.1 Å². The molecule has 2 rings (SSSR count). The summed E-state index contributed by atoms with van der Waals surface area (Å²) >= 11 is 1.26. The molecule has 1 atom stereocenters. The number of benzene rings is 1. The number of primary amides is 1. The highest BCUT2D eigenvalue weighted by Gasteiger charge is 2.18. The van der Waals surface area contributed by atoms with E-state index in [2.05, 4.69) is 11.9 Å². The highest BCUT2D eigenvalue weighted by Crippen LogP contribution is 2.28. The Morgan fingerprint density at radius 1 is 1.43 bits per heavy atom. The first-order chi connectivity index (χ1) is 10.7. The molecule has 0 fully saturated rings. The van der Waals surface area contributed by atoms with Gasteiger partial charge in [0.05, 0.1) is 21.2 Å². The Balaban J connectivity index is 2.53. The van der Waals surface area contributed by atoms with E-state index in [-0.39, 0.29) is 4.90 Å². The average molecular weight is 356 g/mol. The molecule has 1 unspecified atom stereocenters. The van der Waals surface area contributed by atoms with Crippen LogP contribution in [0.3, 0.4) is 0 Å². The number of nitrogens with two attached hydrogens (primary N) is 2. The van der Waals surface area contributed by atoms with Gasteiger partial charge in [0.25, 0.3) is 0 Å². The Morgan fingerprint density at radius 3 is 2.70 bits per heavy atom. The smallest absolute Gasteiger partial charge is 0.238 e. The molecule has 0 bridgehead atoms. The lowest BCUT2D eigenvalue weighted by Gasteiger charge is -2.10. The van der Waals surface area contributed by atoms with Crippen molar-refractivity contribution < 1.29 is 13.2 Å². The summed E-state index contributed by atoms with van der Waals surface area (Å²) < 4.78 is 25.0. The minimum atomic E-state index is -3.78. The topological polar surface area (TPSA) is 121 Å². The Bertz CT molecular complexity index is 830. The molecule has 0 spiro atoms. The SMILES string of the molecule is CCCCn1c(SC(C)C(N)=O)nc2cc(S(N)(=O)=O)ccc21. The van der Waals surface area contributed by atoms with Crippen molar-refractivity contribution in [1.82, 2.24) is 9.55 Å². The van der Waals surface area contributed by atoms with Gasteiger partial charge in [0.2, 0.25) is 15.9 Å². The summed E-state index contributed by atoms with van der Waals surface area (Å²) in [5.74, 6) is -0.422. The van der Waals surface area contributed by atoms with Crippen LogP contribution in [0.1, 0.15) is 26.7 Å². The Hall–Kier alpha value is -1.58. The zero-order chi connectivity index (χ0) is 17.2. The number of aryl methyl sites for hydroxylation is 1. The fourth-order valence-electron chi connectivity index (χ4n) is 2.10. The third-order valence-electron chi connectivity index (χ3n) is 3.43. The predicted molar refractivity (Wildman–Crippen MR) is 90.5 cm³/mol. The van der Waals surface area contributed by atoms with Gasteiger partial charge in [-0.2, -0.15) is 0 Å². The standard InChI is InChI=1S/C14H20N4O3S2/c1-3-4-7-18-12-6-5-10(23(16,20)21)8-11(12)17-14(18)22-9(2)13(15)19/h5-6,8-9H,3-4,7H2,1-2H3,(H2,15,19)(H2,16,20,21). The number of hydrogen-bond donors (Lipinski definition) is 2. The van der Waals surface area contributed by atoms with Gasteiger partial charge in [-0.1, -0.05) is 25.1 Å². The molecule has 7 nitrogen and oxygen atoms in total. The molecule has 1 aromatic heterocycles. The minimum absolute atomic E-state index is 0.0182. The molecule has 0 aliphatic carbocycles. The van der Waals surface area contributed by atoms with E-state index >= 15 is 0 Å². The van der Waals surface area contributed by atoms with Gasteiger partial charge >= 0.3 is 0 Å². The van der Waals surface area contributed by atoms with Gasteiger partial charge in [-0.25, -0.2) is 18.5 Å². The first kappa shape index (κ1) is 17.8. The average Bonchev–Trinajstić information content (AvgIpc) is 2.80. The zero-order valence-corrected chi connectivity index (χ0v) is 14.7. The number of nitrogens with zero attached hydrogens (tertiary/aromatic N) is 2. The molecule has 0 aliphatic heterocycles. The number of primary sulfonamides is 1. The molecule has 1 aromatic carbocycles. The van der Waals surface area contributed by atoms with Gasteiger partial charge in [0.15, 0.2) is 5.16 Å². The summed E-state index contributed by atoms with van der Waals surface area (Å²) in [7, 11) is -3.78. The summed E-state index contributed by atoms with van der Waals surface area (Å²) in [6.45, 7) is 4.53. The summed E-state index contributed by atoms with van der Waals surface area (Å²) in [6, 6.07) is 4.61. The van der Waals surface area contributed by atoms with Crippen LogP contribution in [0.2, 0.25) is 0 Å². The normalized spacial score (nSPS) is 13.3. The van der Waals surface area contributed by atoms with Crippen molar-refractivity contribution in [3.63, 3.8) is 0 Å². The Kier molecular flexibility index (Phi) is 5.33. The number of fused-ring (bicyclic) bond motifs is 1. The first-order valence-electron chi connectivity index (χ1n) is 7.23. The molecular formula is C14H20N4O3S2. The lowest BCUT2D eigenvalue weighted by atomic mass is 10.3. The van der Waals surface area contributed by atoms with Crippen LogP contribution in [0, 0.1) is 0 Å². The molecule has 9 heteroatoms. The van der Waals surface area contributed by atoms with E-state index in [1.165, 1.54) is 23.9 Å². The minimum Gasteiger partial charge on any atom is -0.369 e. The number of hydrogen-bond acceptors (Lipinski definition) is 5. The number of unbranched alkanes of at least 4 members (excludes halogenated alkanes) is 1. The number of thioether (sulfide) groups is 1. The lowest BCUT2D eigenvalue weighted by molar-refractivity contribution is -0.117. The molecule has 0 saturated heterocycles. The number of sulfonamides is 1. The van der Waals surface area contributed by atoms with Gasteiger partial charge < -0.3 is 10.3 Å². The van der Waals surface area contributed by atoms with Crippen molar-refractivity contribution in [3.05, 3.63) is 18.2 Å². The third-order valence-corrected chi connectivity index (χ3v) is 5.45. The highest BCUT2D eigenvalue weighted by atomic mass is 32.2. The van der Waals surface area contributed by atoms with Crippen LogP contribution in [0.25, 0.3) is 11.0 Å². The van der Waals surface area contributed by atoms with Gasteiger partial charge in [0.1, 0.15) is 0 Å². The van der Waals surface area contributed by atoms with Crippen molar-refractivity contribution in [1.29, 1.82) is 0 Å². The van der Waals surface area contributed by atoms with Gasteiger partial charge in [0, 0.05) is 6.54 Å². The molecule has 126 valence electrons. The number of carbonyl (C=O) groups is 1. The van der Waals surface area contributed by atoms with Crippen LogP contribution in [0.5, 0.6) is 0 Å². The quantitative estimate of drug-likeness (QED) is 0.727. The fraction of sp³-hybridized carbons (Fsp3) is 0.429.